The van der Waals surface area contributed by atoms with Crippen molar-refractivity contribution in [3.05, 3.63) is 22.5 Å². The predicted molar refractivity (Wildman–Crippen MR) is 95.4 cm³/mol. The first kappa shape index (κ1) is 15.8. The van der Waals surface area contributed by atoms with Crippen molar-refractivity contribution in [2.45, 2.75) is 13.3 Å². The summed E-state index contributed by atoms with van der Waals surface area (Å²) in [7, 11) is -3.46. The third kappa shape index (κ3) is 2.56. The minimum atomic E-state index is -3.46. The number of amides is 1. The molecule has 0 bridgehead atoms. The smallest absolute Gasteiger partial charge is 0.273 e. The van der Waals surface area contributed by atoms with E-state index in [1.165, 1.54) is 0 Å². The third-order valence-corrected chi connectivity index (χ3v) is 7.60. The molecule has 1 amide bonds. The molecule has 0 spiro atoms. The van der Waals surface area contributed by atoms with Gasteiger partial charge in [-0.05, 0) is 24.8 Å². The molecule has 1 aliphatic rings. The molecule has 1 saturated heterocycles. The Morgan fingerprint density at radius 3 is 3.04 bits per heavy atom. The van der Waals surface area contributed by atoms with E-state index in [2.05, 4.69) is 4.98 Å². The summed E-state index contributed by atoms with van der Waals surface area (Å²) in [6.45, 7) is 1.91. The van der Waals surface area contributed by atoms with Gasteiger partial charge in [-0.15, -0.1) is 22.7 Å². The molecule has 0 unspecified atom stereocenters. The van der Waals surface area contributed by atoms with Gasteiger partial charge in [0.15, 0.2) is 6.61 Å². The number of benzene rings is 1. The van der Waals surface area contributed by atoms with Crippen LogP contribution in [0.15, 0.2) is 17.5 Å². The molecule has 3 heterocycles. The van der Waals surface area contributed by atoms with Gasteiger partial charge in [-0.3, -0.25) is 4.79 Å². The van der Waals surface area contributed by atoms with Gasteiger partial charge in [-0.1, -0.05) is 0 Å². The lowest BCUT2D eigenvalue weighted by molar-refractivity contribution is -0.128. The SMILES string of the molecule is Cc1nc2c(cc(OCC(=O)N3CCCS3(=O)=O)c3ccsc32)s1. The zero-order valence-electron chi connectivity index (χ0n) is 12.8. The van der Waals surface area contributed by atoms with Gasteiger partial charge in [-0.25, -0.2) is 17.7 Å². The highest BCUT2D eigenvalue weighted by Gasteiger charge is 2.32. The normalized spacial score (nSPS) is 17.0. The second-order valence-electron chi connectivity index (χ2n) is 5.54. The van der Waals surface area contributed by atoms with E-state index in [-0.39, 0.29) is 18.9 Å². The Bertz CT molecular complexity index is 1050. The Kier molecular flexibility index (Phi) is 3.74. The molecule has 1 fully saturated rings. The average molecular weight is 382 g/mol. The first-order valence-electron chi connectivity index (χ1n) is 7.39. The van der Waals surface area contributed by atoms with Crippen LogP contribution >= 0.6 is 22.7 Å². The molecule has 3 aromatic rings. The number of aryl methyl sites for hydroxylation is 1. The van der Waals surface area contributed by atoms with E-state index < -0.39 is 15.9 Å². The van der Waals surface area contributed by atoms with E-state index in [4.69, 9.17) is 4.74 Å². The summed E-state index contributed by atoms with van der Waals surface area (Å²) in [5.41, 5.74) is 0.947. The Balaban J connectivity index is 1.64. The number of ether oxygens (including phenoxy) is 1. The van der Waals surface area contributed by atoms with Crippen LogP contribution in [0.3, 0.4) is 0 Å². The van der Waals surface area contributed by atoms with Gasteiger partial charge in [0.05, 0.1) is 25.7 Å². The van der Waals surface area contributed by atoms with Gasteiger partial charge in [0.25, 0.3) is 5.91 Å². The quantitative estimate of drug-likeness (QED) is 0.696. The Labute approximate surface area is 146 Å². The van der Waals surface area contributed by atoms with Crippen LogP contribution in [-0.2, 0) is 14.8 Å². The van der Waals surface area contributed by atoms with Crippen molar-refractivity contribution in [3.8, 4) is 5.75 Å². The van der Waals surface area contributed by atoms with Gasteiger partial charge < -0.3 is 4.74 Å². The van der Waals surface area contributed by atoms with Crippen LogP contribution < -0.4 is 4.74 Å². The summed E-state index contributed by atoms with van der Waals surface area (Å²) in [5.74, 6) is 0.100. The van der Waals surface area contributed by atoms with Gasteiger partial charge in [0.1, 0.15) is 5.75 Å². The monoisotopic (exact) mass is 382 g/mol. The lowest BCUT2D eigenvalue weighted by Crippen LogP contribution is -2.36. The van der Waals surface area contributed by atoms with Crippen LogP contribution in [0.1, 0.15) is 11.4 Å². The molecular weight excluding hydrogens is 368 g/mol. The van der Waals surface area contributed by atoms with Crippen molar-refractivity contribution in [1.82, 2.24) is 9.29 Å². The number of nitrogens with zero attached hydrogens (tertiary/aromatic N) is 2. The van der Waals surface area contributed by atoms with Crippen LogP contribution in [0.2, 0.25) is 0 Å². The fourth-order valence-corrected chi connectivity index (χ4v) is 6.16. The minimum Gasteiger partial charge on any atom is -0.483 e. The molecule has 0 aliphatic carbocycles. The number of hydrogen-bond donors (Lipinski definition) is 0. The molecule has 0 radical (unpaired) electrons. The summed E-state index contributed by atoms with van der Waals surface area (Å²) in [4.78, 5) is 16.7. The summed E-state index contributed by atoms with van der Waals surface area (Å²) in [6.07, 6.45) is 0.481. The van der Waals surface area contributed by atoms with E-state index >= 15 is 0 Å². The molecule has 126 valence electrons. The molecule has 1 aromatic carbocycles. The fraction of sp³-hybridized carbons (Fsp3) is 0.333. The molecule has 2 aromatic heterocycles. The van der Waals surface area contributed by atoms with Crippen molar-refractivity contribution >= 4 is 58.9 Å². The fourth-order valence-electron chi connectivity index (χ4n) is 2.84. The molecule has 24 heavy (non-hydrogen) atoms. The number of hydrogen-bond acceptors (Lipinski definition) is 7. The Morgan fingerprint density at radius 2 is 2.29 bits per heavy atom. The first-order valence-corrected chi connectivity index (χ1v) is 10.7. The molecule has 0 saturated carbocycles. The predicted octanol–water partition coefficient (Wildman–Crippen LogP) is 2.76. The lowest BCUT2D eigenvalue weighted by Gasteiger charge is -2.15. The lowest BCUT2D eigenvalue weighted by atomic mass is 10.2. The molecule has 6 nitrogen and oxygen atoms in total. The zero-order chi connectivity index (χ0) is 16.9. The van der Waals surface area contributed by atoms with Gasteiger partial charge in [-0.2, -0.15) is 0 Å². The second-order valence-corrected chi connectivity index (χ2v) is 9.71. The highest BCUT2D eigenvalue weighted by molar-refractivity contribution is 7.89. The van der Waals surface area contributed by atoms with Crippen molar-refractivity contribution < 1.29 is 17.9 Å². The summed E-state index contributed by atoms with van der Waals surface area (Å²) in [5, 5.41) is 3.82. The maximum Gasteiger partial charge on any atom is 0.273 e. The summed E-state index contributed by atoms with van der Waals surface area (Å²) < 4.78 is 32.3. The molecule has 9 heteroatoms. The number of carbonyl (C=O) groups is 1. The minimum absolute atomic E-state index is 0.0274. The Morgan fingerprint density at radius 1 is 1.46 bits per heavy atom. The van der Waals surface area contributed by atoms with E-state index in [0.717, 1.165) is 29.6 Å². The number of sulfonamides is 1. The second kappa shape index (κ2) is 5.68. The van der Waals surface area contributed by atoms with E-state index in [0.29, 0.717) is 12.2 Å². The molecule has 0 N–H and O–H groups in total. The number of carbonyl (C=O) groups excluding carboxylic acids is 1. The molecule has 0 atom stereocenters. The molecular formula is C15H14N2O4S3. The van der Waals surface area contributed by atoms with Crippen LogP contribution in [0.25, 0.3) is 20.3 Å². The van der Waals surface area contributed by atoms with E-state index in [1.54, 1.807) is 22.7 Å². The van der Waals surface area contributed by atoms with Crippen LogP contribution in [-0.4, -0.2) is 42.5 Å². The standard InChI is InChI=1S/C15H14N2O4S3/c1-9-16-14-12(23-9)7-11(10-3-5-22-15(10)14)21-8-13(18)17-4-2-6-24(17,19)20/h3,5,7H,2,4,6,8H2,1H3. The first-order chi connectivity index (χ1) is 11.5. The van der Waals surface area contributed by atoms with Crippen molar-refractivity contribution in [2.75, 3.05) is 18.9 Å². The van der Waals surface area contributed by atoms with E-state index in [1.807, 2.05) is 24.4 Å². The van der Waals surface area contributed by atoms with Crippen LogP contribution in [0, 0.1) is 6.92 Å². The maximum absolute atomic E-state index is 12.2. The van der Waals surface area contributed by atoms with Gasteiger partial charge >= 0.3 is 0 Å². The van der Waals surface area contributed by atoms with Crippen molar-refractivity contribution in [1.29, 1.82) is 0 Å². The van der Waals surface area contributed by atoms with E-state index in [9.17, 15) is 13.2 Å². The number of aromatic nitrogens is 1. The van der Waals surface area contributed by atoms with Crippen LogP contribution in [0.5, 0.6) is 5.75 Å². The topological polar surface area (TPSA) is 76.6 Å². The summed E-state index contributed by atoms with van der Waals surface area (Å²) >= 11 is 3.14. The maximum atomic E-state index is 12.2. The Hall–Kier alpha value is -1.71. The van der Waals surface area contributed by atoms with Gasteiger partial charge in [0, 0.05) is 18.0 Å². The summed E-state index contributed by atoms with van der Waals surface area (Å²) in [6, 6.07) is 3.81. The average Bonchev–Trinajstić information content (AvgIpc) is 3.20. The van der Waals surface area contributed by atoms with Crippen molar-refractivity contribution in [3.63, 3.8) is 0 Å². The zero-order valence-corrected chi connectivity index (χ0v) is 15.3. The van der Waals surface area contributed by atoms with Crippen LogP contribution in [0.4, 0.5) is 0 Å². The number of thiophene rings is 1. The highest BCUT2D eigenvalue weighted by Crippen LogP contribution is 2.38. The molecule has 1 aliphatic heterocycles. The number of fused-ring (bicyclic) bond motifs is 3. The third-order valence-electron chi connectivity index (χ3n) is 3.90. The molecule has 4 rings (SSSR count). The highest BCUT2D eigenvalue weighted by atomic mass is 32.2. The largest absolute Gasteiger partial charge is 0.483 e. The number of rotatable bonds is 3. The van der Waals surface area contributed by atoms with Crippen molar-refractivity contribution in [2.24, 2.45) is 0 Å². The number of thiazole rings is 1. The van der Waals surface area contributed by atoms with Gasteiger partial charge in [0.2, 0.25) is 10.0 Å².